The van der Waals surface area contributed by atoms with Crippen molar-refractivity contribution in [2.45, 2.75) is 31.8 Å². The smallest absolute Gasteiger partial charge is 0.215 e. The molecule has 2 heterocycles. The molecular formula is C13H21N3O2. The molecule has 5 nitrogen and oxygen atoms in total. The van der Waals surface area contributed by atoms with Crippen LogP contribution in [0.2, 0.25) is 0 Å². The number of nitrogens with two attached hydrogens (primary N) is 1. The lowest BCUT2D eigenvalue weighted by Gasteiger charge is -2.24. The first-order valence-corrected chi connectivity index (χ1v) is 6.30. The first kappa shape index (κ1) is 13.0. The zero-order valence-electron chi connectivity index (χ0n) is 11.0. The molecule has 0 aliphatic carbocycles. The van der Waals surface area contributed by atoms with Gasteiger partial charge in [0.15, 0.2) is 5.82 Å². The largest absolute Gasteiger partial charge is 0.481 e. The summed E-state index contributed by atoms with van der Waals surface area (Å²) < 4.78 is 5.13. The second-order valence-electron chi connectivity index (χ2n) is 5.10. The van der Waals surface area contributed by atoms with E-state index in [-0.39, 0.29) is 0 Å². The summed E-state index contributed by atoms with van der Waals surface area (Å²) >= 11 is 0. The van der Waals surface area contributed by atoms with Crippen LogP contribution in [0.5, 0.6) is 5.88 Å². The van der Waals surface area contributed by atoms with Gasteiger partial charge >= 0.3 is 0 Å². The molecule has 0 aromatic carbocycles. The molecule has 0 amide bonds. The van der Waals surface area contributed by atoms with Crippen LogP contribution in [0, 0.1) is 0 Å². The fourth-order valence-electron chi connectivity index (χ4n) is 2.28. The fraction of sp³-hybridized carbons (Fsp3) is 0.615. The molecule has 1 aromatic heterocycles. The molecule has 1 fully saturated rings. The number of nitrogens with zero attached hydrogens (tertiary/aromatic N) is 2. The number of rotatable bonds is 2. The van der Waals surface area contributed by atoms with Gasteiger partial charge in [-0.15, -0.1) is 0 Å². The molecule has 1 saturated heterocycles. The number of pyridine rings is 1. The van der Waals surface area contributed by atoms with E-state index in [1.54, 1.807) is 13.2 Å². The lowest BCUT2D eigenvalue weighted by molar-refractivity contribution is 0.0481. The minimum absolute atomic E-state index is 0.565. The van der Waals surface area contributed by atoms with Crippen LogP contribution in [-0.4, -0.2) is 35.9 Å². The first-order chi connectivity index (χ1) is 8.52. The van der Waals surface area contributed by atoms with Crippen molar-refractivity contribution in [2.75, 3.05) is 30.8 Å². The van der Waals surface area contributed by atoms with Crippen molar-refractivity contribution in [1.82, 2.24) is 4.98 Å². The number of methoxy groups -OCH3 is 1. The summed E-state index contributed by atoms with van der Waals surface area (Å²) in [6.45, 7) is 3.51. The minimum Gasteiger partial charge on any atom is -0.481 e. The van der Waals surface area contributed by atoms with Crippen molar-refractivity contribution in [1.29, 1.82) is 0 Å². The zero-order chi connectivity index (χ0) is 13.2. The van der Waals surface area contributed by atoms with E-state index in [2.05, 4.69) is 9.88 Å². The normalized spacial score (nSPS) is 24.7. The van der Waals surface area contributed by atoms with Crippen LogP contribution < -0.4 is 15.4 Å². The third-order valence-electron chi connectivity index (χ3n) is 3.45. The topological polar surface area (TPSA) is 71.6 Å². The van der Waals surface area contributed by atoms with Gasteiger partial charge in [0.05, 0.1) is 18.4 Å². The number of nitrogen functional groups attached to an aromatic ring is 1. The highest BCUT2D eigenvalue weighted by Gasteiger charge is 2.26. The van der Waals surface area contributed by atoms with Crippen molar-refractivity contribution in [3.05, 3.63) is 12.1 Å². The van der Waals surface area contributed by atoms with Crippen molar-refractivity contribution >= 4 is 11.5 Å². The molecule has 1 aromatic rings. The van der Waals surface area contributed by atoms with Crippen LogP contribution in [0.25, 0.3) is 0 Å². The summed E-state index contributed by atoms with van der Waals surface area (Å²) in [5.41, 5.74) is 6.04. The van der Waals surface area contributed by atoms with Gasteiger partial charge < -0.3 is 20.5 Å². The van der Waals surface area contributed by atoms with E-state index in [4.69, 9.17) is 10.5 Å². The van der Waals surface area contributed by atoms with E-state index in [9.17, 15) is 5.11 Å². The SMILES string of the molecule is COc1ccc(N)c(N2CCCC(C)(O)CC2)n1. The molecule has 100 valence electrons. The number of aliphatic hydroxyl groups is 1. The number of ether oxygens (including phenoxy) is 1. The summed E-state index contributed by atoms with van der Waals surface area (Å²) in [6, 6.07) is 3.57. The summed E-state index contributed by atoms with van der Waals surface area (Å²) in [5, 5.41) is 10.1. The van der Waals surface area contributed by atoms with Crippen LogP contribution in [0.3, 0.4) is 0 Å². The van der Waals surface area contributed by atoms with Crippen molar-refractivity contribution in [3.8, 4) is 5.88 Å². The summed E-state index contributed by atoms with van der Waals surface area (Å²) in [6.07, 6.45) is 2.48. The van der Waals surface area contributed by atoms with Gasteiger partial charge in [-0.25, -0.2) is 0 Å². The molecule has 2 rings (SSSR count). The Morgan fingerprint density at radius 2 is 2.17 bits per heavy atom. The maximum absolute atomic E-state index is 10.1. The van der Waals surface area contributed by atoms with Gasteiger partial charge in [-0.1, -0.05) is 0 Å². The van der Waals surface area contributed by atoms with Crippen LogP contribution in [0.1, 0.15) is 26.2 Å². The maximum Gasteiger partial charge on any atom is 0.215 e. The van der Waals surface area contributed by atoms with Crippen molar-refractivity contribution in [2.24, 2.45) is 0 Å². The van der Waals surface area contributed by atoms with Crippen LogP contribution in [-0.2, 0) is 0 Å². The Morgan fingerprint density at radius 1 is 1.39 bits per heavy atom. The lowest BCUT2D eigenvalue weighted by Crippen LogP contribution is -2.29. The average molecular weight is 251 g/mol. The molecule has 1 aliphatic heterocycles. The third kappa shape index (κ3) is 2.85. The van der Waals surface area contributed by atoms with Gasteiger partial charge in [-0.2, -0.15) is 4.98 Å². The van der Waals surface area contributed by atoms with E-state index in [1.807, 2.05) is 13.0 Å². The van der Waals surface area contributed by atoms with E-state index in [1.165, 1.54) is 0 Å². The number of hydrogen-bond acceptors (Lipinski definition) is 5. The predicted molar refractivity (Wildman–Crippen MR) is 71.9 cm³/mol. The summed E-state index contributed by atoms with van der Waals surface area (Å²) in [4.78, 5) is 6.53. The fourth-order valence-corrected chi connectivity index (χ4v) is 2.28. The first-order valence-electron chi connectivity index (χ1n) is 6.30. The highest BCUT2D eigenvalue weighted by molar-refractivity contribution is 5.63. The van der Waals surface area contributed by atoms with Gasteiger partial charge in [-0.3, -0.25) is 0 Å². The minimum atomic E-state index is -0.581. The van der Waals surface area contributed by atoms with Gasteiger partial charge in [-0.05, 0) is 32.3 Å². The average Bonchev–Trinajstić information content (AvgIpc) is 2.51. The molecule has 0 bridgehead atoms. The highest BCUT2D eigenvalue weighted by atomic mass is 16.5. The number of hydrogen-bond donors (Lipinski definition) is 2. The van der Waals surface area contributed by atoms with E-state index >= 15 is 0 Å². The van der Waals surface area contributed by atoms with Crippen molar-refractivity contribution < 1.29 is 9.84 Å². The Balaban J connectivity index is 2.20. The molecule has 1 unspecified atom stereocenters. The third-order valence-corrected chi connectivity index (χ3v) is 3.45. The maximum atomic E-state index is 10.1. The van der Waals surface area contributed by atoms with Gasteiger partial charge in [0.2, 0.25) is 5.88 Å². The van der Waals surface area contributed by atoms with Gasteiger partial charge in [0.1, 0.15) is 0 Å². The second-order valence-corrected chi connectivity index (χ2v) is 5.10. The molecule has 18 heavy (non-hydrogen) atoms. The van der Waals surface area contributed by atoms with Gasteiger partial charge in [0, 0.05) is 19.2 Å². The van der Waals surface area contributed by atoms with E-state index in [0.29, 0.717) is 11.6 Å². The van der Waals surface area contributed by atoms with Crippen LogP contribution >= 0.6 is 0 Å². The quantitative estimate of drug-likeness (QED) is 0.831. The zero-order valence-corrected chi connectivity index (χ0v) is 11.0. The second kappa shape index (κ2) is 5.02. The Kier molecular flexibility index (Phi) is 3.61. The predicted octanol–water partition coefficient (Wildman–Crippen LogP) is 1.41. The monoisotopic (exact) mass is 251 g/mol. The van der Waals surface area contributed by atoms with Gasteiger partial charge in [0.25, 0.3) is 0 Å². The standard InChI is InChI=1S/C13H21N3O2/c1-13(17)6-3-8-16(9-7-13)12-10(14)4-5-11(15-12)18-2/h4-5,17H,3,6-9,14H2,1-2H3. The number of aromatic nitrogens is 1. The molecule has 0 saturated carbocycles. The lowest BCUT2D eigenvalue weighted by atomic mass is 9.98. The summed E-state index contributed by atoms with van der Waals surface area (Å²) in [5.74, 6) is 1.32. The van der Waals surface area contributed by atoms with E-state index < -0.39 is 5.60 Å². The Bertz CT molecular complexity index is 421. The van der Waals surface area contributed by atoms with Crippen molar-refractivity contribution in [3.63, 3.8) is 0 Å². The van der Waals surface area contributed by atoms with Crippen LogP contribution in [0.15, 0.2) is 12.1 Å². The molecule has 0 radical (unpaired) electrons. The molecule has 1 atom stereocenters. The Labute approximate surface area is 108 Å². The molecule has 0 spiro atoms. The van der Waals surface area contributed by atoms with Crippen LogP contribution in [0.4, 0.5) is 11.5 Å². The number of anilines is 2. The Hall–Kier alpha value is -1.49. The molecule has 5 heteroatoms. The molecule has 3 N–H and O–H groups in total. The Morgan fingerprint density at radius 3 is 2.89 bits per heavy atom. The molecule has 1 aliphatic rings. The highest BCUT2D eigenvalue weighted by Crippen LogP contribution is 2.28. The van der Waals surface area contributed by atoms with E-state index in [0.717, 1.165) is 38.2 Å². The molecular weight excluding hydrogens is 230 g/mol. The summed E-state index contributed by atoms with van der Waals surface area (Å²) in [7, 11) is 1.59.